The van der Waals surface area contributed by atoms with E-state index in [1.165, 1.54) is 31.2 Å². The molecule has 0 aromatic heterocycles. The van der Waals surface area contributed by atoms with Gasteiger partial charge in [-0.2, -0.15) is 0 Å². The second-order valence-electron chi connectivity index (χ2n) is 9.78. The molecular weight excluding hydrogens is 396 g/mol. The van der Waals surface area contributed by atoms with Gasteiger partial charge in [-0.05, 0) is 61.7 Å². The zero-order valence-electron chi connectivity index (χ0n) is 19.9. The first-order valence-corrected chi connectivity index (χ1v) is 12.4. The lowest BCUT2D eigenvalue weighted by Crippen LogP contribution is -2.38. The Morgan fingerprint density at radius 2 is 1.38 bits per heavy atom. The molecule has 2 aliphatic heterocycles. The van der Waals surface area contributed by atoms with E-state index in [0.717, 1.165) is 50.1 Å². The molecule has 2 aromatic carbocycles. The molecule has 0 spiro atoms. The fourth-order valence-corrected chi connectivity index (χ4v) is 5.09. The van der Waals surface area contributed by atoms with Gasteiger partial charge in [0.15, 0.2) is 0 Å². The summed E-state index contributed by atoms with van der Waals surface area (Å²) in [6.45, 7) is 10.1. The van der Waals surface area contributed by atoms with E-state index in [9.17, 15) is 10.2 Å². The van der Waals surface area contributed by atoms with Crippen molar-refractivity contribution >= 4 is 0 Å². The van der Waals surface area contributed by atoms with Crippen LogP contribution >= 0.6 is 0 Å². The van der Waals surface area contributed by atoms with Crippen molar-refractivity contribution < 1.29 is 10.2 Å². The van der Waals surface area contributed by atoms with Gasteiger partial charge in [0.1, 0.15) is 0 Å². The van der Waals surface area contributed by atoms with Crippen LogP contribution in [0.2, 0.25) is 0 Å². The Balaban J connectivity index is 0.000000181. The van der Waals surface area contributed by atoms with E-state index < -0.39 is 0 Å². The molecule has 2 fully saturated rings. The van der Waals surface area contributed by atoms with Crippen molar-refractivity contribution in [3.63, 3.8) is 0 Å². The molecule has 0 saturated carbocycles. The molecule has 2 heterocycles. The van der Waals surface area contributed by atoms with Crippen LogP contribution in [0, 0.1) is 11.8 Å². The first kappa shape index (κ1) is 24.9. The average Bonchev–Trinajstić information content (AvgIpc) is 2.81. The van der Waals surface area contributed by atoms with Crippen molar-refractivity contribution in [3.8, 4) is 0 Å². The second-order valence-corrected chi connectivity index (χ2v) is 9.78. The van der Waals surface area contributed by atoms with Crippen molar-refractivity contribution in [2.45, 2.75) is 51.7 Å². The molecule has 4 nitrogen and oxygen atoms in total. The molecule has 2 saturated heterocycles. The summed E-state index contributed by atoms with van der Waals surface area (Å²) in [5.41, 5.74) is 2.26. The lowest BCUT2D eigenvalue weighted by atomic mass is 9.96. The third-order valence-corrected chi connectivity index (χ3v) is 6.84. The zero-order chi connectivity index (χ0) is 22.8. The van der Waals surface area contributed by atoms with Crippen LogP contribution in [0.4, 0.5) is 0 Å². The molecule has 0 aliphatic carbocycles. The predicted molar refractivity (Wildman–Crippen MR) is 132 cm³/mol. The Bertz CT molecular complexity index is 755. The highest BCUT2D eigenvalue weighted by atomic mass is 16.3. The fourth-order valence-electron chi connectivity index (χ4n) is 5.09. The smallest absolute Gasteiger partial charge is 0.0916 e. The molecule has 4 heteroatoms. The lowest BCUT2D eigenvalue weighted by Gasteiger charge is -2.36. The minimum atomic E-state index is -0.341. The van der Waals surface area contributed by atoms with Crippen LogP contribution in [-0.2, 0) is 0 Å². The standard InChI is InChI=1S/2C14H21NO/c1-12-6-5-9-15(10-12)14(11-16)13-7-3-2-4-8-13;1-12-6-5-9-15(10-12)11-14(16)13-7-3-2-4-8-13/h2*2-4,7-8,12,14,16H,5-6,9-11H2,1H3/t12-,14-;12-,14+/m00/s1. The highest BCUT2D eigenvalue weighted by Gasteiger charge is 2.24. The van der Waals surface area contributed by atoms with Gasteiger partial charge in [-0.1, -0.05) is 74.5 Å². The number of rotatable bonds is 6. The molecule has 0 radical (unpaired) electrons. The number of aliphatic hydroxyl groups excluding tert-OH is 2. The molecule has 2 aromatic rings. The van der Waals surface area contributed by atoms with Crippen LogP contribution in [0.1, 0.15) is 62.8 Å². The Morgan fingerprint density at radius 1 is 0.812 bits per heavy atom. The van der Waals surface area contributed by atoms with Gasteiger partial charge in [-0.15, -0.1) is 0 Å². The van der Waals surface area contributed by atoms with Crippen molar-refractivity contribution in [1.29, 1.82) is 0 Å². The maximum absolute atomic E-state index is 10.1. The molecule has 0 unspecified atom stereocenters. The average molecular weight is 439 g/mol. The summed E-state index contributed by atoms with van der Waals surface area (Å²) in [6.07, 6.45) is 4.83. The quantitative estimate of drug-likeness (QED) is 0.673. The number of hydrogen-bond donors (Lipinski definition) is 2. The normalized spacial score (nSPS) is 24.2. The van der Waals surface area contributed by atoms with Gasteiger partial charge in [-0.3, -0.25) is 4.90 Å². The monoisotopic (exact) mass is 438 g/mol. The van der Waals surface area contributed by atoms with E-state index >= 15 is 0 Å². The van der Waals surface area contributed by atoms with Gasteiger partial charge in [0.05, 0.1) is 18.8 Å². The summed E-state index contributed by atoms with van der Waals surface area (Å²) in [7, 11) is 0. The summed E-state index contributed by atoms with van der Waals surface area (Å²) < 4.78 is 0. The number of likely N-dealkylation sites (tertiary alicyclic amines) is 2. The number of hydrogen-bond acceptors (Lipinski definition) is 4. The topological polar surface area (TPSA) is 46.9 Å². The number of nitrogens with zero attached hydrogens (tertiary/aromatic N) is 2. The van der Waals surface area contributed by atoms with Gasteiger partial charge < -0.3 is 15.1 Å². The fraction of sp³-hybridized carbons (Fsp3) is 0.571. The Morgan fingerprint density at radius 3 is 1.94 bits per heavy atom. The van der Waals surface area contributed by atoms with Crippen molar-refractivity contribution in [2.75, 3.05) is 39.3 Å². The highest BCUT2D eigenvalue weighted by Crippen LogP contribution is 2.26. The van der Waals surface area contributed by atoms with E-state index in [1.54, 1.807) is 0 Å². The highest BCUT2D eigenvalue weighted by molar-refractivity contribution is 5.19. The maximum Gasteiger partial charge on any atom is 0.0916 e. The molecule has 176 valence electrons. The van der Waals surface area contributed by atoms with Gasteiger partial charge >= 0.3 is 0 Å². The van der Waals surface area contributed by atoms with Crippen molar-refractivity contribution in [3.05, 3.63) is 71.8 Å². The molecule has 2 aliphatic rings. The summed E-state index contributed by atoms with van der Waals surface area (Å²) in [5.74, 6) is 1.53. The minimum Gasteiger partial charge on any atom is -0.394 e. The van der Waals surface area contributed by atoms with E-state index in [2.05, 4.69) is 35.8 Å². The number of benzene rings is 2. The molecule has 0 bridgehead atoms. The zero-order valence-corrected chi connectivity index (χ0v) is 19.9. The molecule has 32 heavy (non-hydrogen) atoms. The first-order valence-electron chi connectivity index (χ1n) is 12.4. The van der Waals surface area contributed by atoms with Crippen molar-refractivity contribution in [1.82, 2.24) is 9.80 Å². The lowest BCUT2D eigenvalue weighted by molar-refractivity contribution is 0.0839. The SMILES string of the molecule is C[C@H]1CCCN(C[C@@H](O)c2ccccc2)C1.C[C@H]1CCCN([C@@H](CO)c2ccccc2)C1. The molecule has 4 rings (SSSR count). The Kier molecular flexibility index (Phi) is 10.2. The number of β-amino-alcohol motifs (C(OH)–C–C–N with tert-alkyl or cyclic N) is 1. The summed E-state index contributed by atoms with van der Waals surface area (Å²) in [6, 6.07) is 20.5. The minimum absolute atomic E-state index is 0.184. The van der Waals surface area contributed by atoms with Gasteiger partial charge in [0, 0.05) is 19.6 Å². The van der Waals surface area contributed by atoms with Crippen LogP contribution in [0.25, 0.3) is 0 Å². The van der Waals surface area contributed by atoms with Crippen LogP contribution in [0.5, 0.6) is 0 Å². The van der Waals surface area contributed by atoms with Gasteiger partial charge in [0.2, 0.25) is 0 Å². The summed E-state index contributed by atoms with van der Waals surface area (Å²) in [4.78, 5) is 4.80. The van der Waals surface area contributed by atoms with E-state index in [-0.39, 0.29) is 18.8 Å². The molecule has 4 atom stereocenters. The van der Waals surface area contributed by atoms with Crippen molar-refractivity contribution in [2.24, 2.45) is 11.8 Å². The third-order valence-electron chi connectivity index (χ3n) is 6.84. The van der Waals surface area contributed by atoms with Gasteiger partial charge in [-0.25, -0.2) is 0 Å². The van der Waals surface area contributed by atoms with Gasteiger partial charge in [0.25, 0.3) is 0 Å². The Labute approximate surface area is 194 Å². The Hall–Kier alpha value is -1.72. The number of aliphatic hydroxyl groups is 2. The van der Waals surface area contributed by atoms with Crippen LogP contribution in [-0.4, -0.2) is 59.3 Å². The predicted octanol–water partition coefficient (Wildman–Crippen LogP) is 4.90. The maximum atomic E-state index is 10.1. The van der Waals surface area contributed by atoms with Crippen LogP contribution < -0.4 is 0 Å². The van der Waals surface area contributed by atoms with E-state index in [0.29, 0.717) is 0 Å². The third kappa shape index (κ3) is 7.70. The number of piperidine rings is 2. The second kappa shape index (κ2) is 13.1. The van der Waals surface area contributed by atoms with E-state index in [1.807, 2.05) is 48.5 Å². The summed E-state index contributed by atoms with van der Waals surface area (Å²) in [5, 5.41) is 19.7. The largest absolute Gasteiger partial charge is 0.394 e. The van der Waals surface area contributed by atoms with Crippen LogP contribution in [0.15, 0.2) is 60.7 Å². The van der Waals surface area contributed by atoms with Crippen LogP contribution in [0.3, 0.4) is 0 Å². The molecule has 0 amide bonds. The molecule has 2 N–H and O–H groups in total. The van der Waals surface area contributed by atoms with E-state index in [4.69, 9.17) is 0 Å². The molecular formula is C28H42N2O2. The summed E-state index contributed by atoms with van der Waals surface area (Å²) >= 11 is 0. The first-order chi connectivity index (χ1) is 15.6.